The van der Waals surface area contributed by atoms with Crippen LogP contribution in [0.3, 0.4) is 0 Å². The van der Waals surface area contributed by atoms with E-state index in [1.54, 1.807) is 12.1 Å². The first-order chi connectivity index (χ1) is 13.4. The molecule has 1 aromatic heterocycles. The Morgan fingerprint density at radius 2 is 1.93 bits per heavy atom. The average Bonchev–Trinajstić information content (AvgIpc) is 3.17. The molecule has 28 heavy (non-hydrogen) atoms. The van der Waals surface area contributed by atoms with Gasteiger partial charge < -0.3 is 20.0 Å². The van der Waals surface area contributed by atoms with Crippen LogP contribution in [-0.2, 0) is 4.79 Å². The SMILES string of the molecule is CN(C)CCCNC(=O)/C(=C\c1ccco1)NC(=O)c1ccc([N+](=O)[O-])cc1. The number of hydrogen-bond donors (Lipinski definition) is 2. The molecule has 2 aromatic rings. The third kappa shape index (κ3) is 6.36. The van der Waals surface area contributed by atoms with Crippen LogP contribution in [0.15, 0.2) is 52.8 Å². The zero-order valence-corrected chi connectivity index (χ0v) is 15.7. The highest BCUT2D eigenvalue weighted by Gasteiger charge is 2.16. The minimum absolute atomic E-state index is 0.0168. The number of rotatable bonds is 9. The molecule has 0 atom stereocenters. The zero-order chi connectivity index (χ0) is 20.5. The second-order valence-corrected chi connectivity index (χ2v) is 6.24. The number of nitrogens with zero attached hydrogens (tertiary/aromatic N) is 2. The molecule has 0 aliphatic carbocycles. The molecule has 2 rings (SSSR count). The van der Waals surface area contributed by atoms with Gasteiger partial charge in [-0.3, -0.25) is 19.7 Å². The van der Waals surface area contributed by atoms with Crippen molar-refractivity contribution in [2.45, 2.75) is 6.42 Å². The normalized spacial score (nSPS) is 11.3. The number of furan rings is 1. The second-order valence-electron chi connectivity index (χ2n) is 6.24. The van der Waals surface area contributed by atoms with Crippen molar-refractivity contribution < 1.29 is 18.9 Å². The second kappa shape index (κ2) is 10.0. The summed E-state index contributed by atoms with van der Waals surface area (Å²) in [6, 6.07) is 8.42. The van der Waals surface area contributed by atoms with Crippen LogP contribution in [-0.4, -0.2) is 48.8 Å². The number of nitro benzene ring substituents is 1. The fourth-order valence-corrected chi connectivity index (χ4v) is 2.30. The van der Waals surface area contributed by atoms with Crippen LogP contribution in [0.25, 0.3) is 6.08 Å². The smallest absolute Gasteiger partial charge is 0.269 e. The number of hydrogen-bond acceptors (Lipinski definition) is 6. The minimum Gasteiger partial charge on any atom is -0.465 e. The Bertz CT molecular complexity index is 842. The molecule has 9 heteroatoms. The predicted molar refractivity (Wildman–Crippen MR) is 103 cm³/mol. The average molecular weight is 386 g/mol. The monoisotopic (exact) mass is 386 g/mol. The summed E-state index contributed by atoms with van der Waals surface area (Å²) in [5, 5.41) is 16.0. The molecule has 0 fully saturated rings. The first-order valence-electron chi connectivity index (χ1n) is 8.61. The van der Waals surface area contributed by atoms with Gasteiger partial charge in [0.15, 0.2) is 0 Å². The maximum Gasteiger partial charge on any atom is 0.269 e. The lowest BCUT2D eigenvalue weighted by Gasteiger charge is -2.12. The summed E-state index contributed by atoms with van der Waals surface area (Å²) in [6.07, 6.45) is 3.63. The van der Waals surface area contributed by atoms with Crippen molar-refractivity contribution >= 4 is 23.6 Å². The van der Waals surface area contributed by atoms with Gasteiger partial charge in [0.05, 0.1) is 11.2 Å². The maximum absolute atomic E-state index is 12.5. The van der Waals surface area contributed by atoms with Gasteiger partial charge in [0.2, 0.25) is 0 Å². The molecule has 1 heterocycles. The summed E-state index contributed by atoms with van der Waals surface area (Å²) in [6.45, 7) is 1.26. The molecule has 0 aliphatic rings. The van der Waals surface area contributed by atoms with Crippen LogP contribution in [0, 0.1) is 10.1 Å². The van der Waals surface area contributed by atoms with Gasteiger partial charge in [-0.1, -0.05) is 0 Å². The van der Waals surface area contributed by atoms with Gasteiger partial charge in [0.1, 0.15) is 11.5 Å². The summed E-state index contributed by atoms with van der Waals surface area (Å²) >= 11 is 0. The Balaban J connectivity index is 2.09. The largest absolute Gasteiger partial charge is 0.465 e. The van der Waals surface area contributed by atoms with Crippen molar-refractivity contribution in [2.75, 3.05) is 27.2 Å². The van der Waals surface area contributed by atoms with E-state index in [4.69, 9.17) is 4.42 Å². The van der Waals surface area contributed by atoms with Gasteiger partial charge in [-0.25, -0.2) is 0 Å². The Morgan fingerprint density at radius 3 is 2.50 bits per heavy atom. The molecule has 1 aromatic carbocycles. The van der Waals surface area contributed by atoms with Crippen molar-refractivity contribution in [1.82, 2.24) is 15.5 Å². The molecule has 0 saturated carbocycles. The first kappa shape index (κ1) is 20.8. The third-order valence-electron chi connectivity index (χ3n) is 3.73. The van der Waals surface area contributed by atoms with Crippen LogP contribution >= 0.6 is 0 Å². The Kier molecular flexibility index (Phi) is 7.46. The van der Waals surface area contributed by atoms with Gasteiger partial charge in [0.25, 0.3) is 17.5 Å². The molecule has 0 aliphatic heterocycles. The van der Waals surface area contributed by atoms with Gasteiger partial charge >= 0.3 is 0 Å². The Labute approximate surface area is 162 Å². The molecule has 2 amide bonds. The highest BCUT2D eigenvalue weighted by Crippen LogP contribution is 2.13. The van der Waals surface area contributed by atoms with Crippen molar-refractivity contribution in [3.63, 3.8) is 0 Å². The molecule has 0 unspecified atom stereocenters. The molecule has 2 N–H and O–H groups in total. The van der Waals surface area contributed by atoms with Crippen molar-refractivity contribution in [1.29, 1.82) is 0 Å². The summed E-state index contributed by atoms with van der Waals surface area (Å²) in [7, 11) is 3.88. The summed E-state index contributed by atoms with van der Waals surface area (Å²) in [5.41, 5.74) is 0.0843. The molecule has 0 radical (unpaired) electrons. The van der Waals surface area contributed by atoms with Gasteiger partial charge in [-0.15, -0.1) is 0 Å². The van der Waals surface area contributed by atoms with E-state index < -0.39 is 16.7 Å². The lowest BCUT2D eigenvalue weighted by molar-refractivity contribution is -0.384. The quantitative estimate of drug-likeness (QED) is 0.295. The highest BCUT2D eigenvalue weighted by molar-refractivity contribution is 6.05. The molecular formula is C19H22N4O5. The van der Waals surface area contributed by atoms with E-state index in [0.717, 1.165) is 13.0 Å². The number of benzene rings is 1. The van der Waals surface area contributed by atoms with E-state index in [0.29, 0.717) is 12.3 Å². The summed E-state index contributed by atoms with van der Waals surface area (Å²) in [5.74, 6) is -0.607. The first-order valence-corrected chi connectivity index (χ1v) is 8.61. The number of carbonyl (C=O) groups is 2. The van der Waals surface area contributed by atoms with Crippen LogP contribution in [0.2, 0.25) is 0 Å². The lowest BCUT2D eigenvalue weighted by atomic mass is 10.2. The van der Waals surface area contributed by atoms with E-state index >= 15 is 0 Å². The molecule has 9 nitrogen and oxygen atoms in total. The minimum atomic E-state index is -0.559. The maximum atomic E-state index is 12.5. The number of carbonyl (C=O) groups excluding carboxylic acids is 2. The van der Waals surface area contributed by atoms with Crippen molar-refractivity contribution in [3.05, 3.63) is 69.8 Å². The molecular weight excluding hydrogens is 364 g/mol. The van der Waals surface area contributed by atoms with Gasteiger partial charge in [-0.2, -0.15) is 0 Å². The van der Waals surface area contributed by atoms with E-state index in [1.807, 2.05) is 19.0 Å². The molecule has 0 spiro atoms. The number of non-ortho nitro benzene ring substituents is 1. The van der Waals surface area contributed by atoms with Crippen LogP contribution in [0.4, 0.5) is 5.69 Å². The van der Waals surface area contributed by atoms with Gasteiger partial charge in [0, 0.05) is 30.3 Å². The lowest BCUT2D eigenvalue weighted by Crippen LogP contribution is -2.36. The Morgan fingerprint density at radius 1 is 1.21 bits per heavy atom. The van der Waals surface area contributed by atoms with E-state index in [2.05, 4.69) is 10.6 Å². The zero-order valence-electron chi connectivity index (χ0n) is 15.7. The van der Waals surface area contributed by atoms with E-state index in [1.165, 1.54) is 36.6 Å². The fraction of sp³-hybridized carbons (Fsp3) is 0.263. The summed E-state index contributed by atoms with van der Waals surface area (Å²) < 4.78 is 5.21. The topological polar surface area (TPSA) is 118 Å². The highest BCUT2D eigenvalue weighted by atomic mass is 16.6. The summed E-state index contributed by atoms with van der Waals surface area (Å²) in [4.78, 5) is 37.1. The van der Waals surface area contributed by atoms with E-state index in [9.17, 15) is 19.7 Å². The van der Waals surface area contributed by atoms with Crippen molar-refractivity contribution in [3.8, 4) is 0 Å². The number of nitro groups is 1. The standard InChI is InChI=1S/C19H22N4O5/c1-22(2)11-4-10-20-19(25)17(13-16-5-3-12-28-16)21-18(24)14-6-8-15(9-7-14)23(26)27/h3,5-9,12-13H,4,10-11H2,1-2H3,(H,20,25)(H,21,24)/b17-13+. The predicted octanol–water partition coefficient (Wildman–Crippen LogP) is 2.03. The van der Waals surface area contributed by atoms with Crippen LogP contribution < -0.4 is 10.6 Å². The van der Waals surface area contributed by atoms with Crippen molar-refractivity contribution in [2.24, 2.45) is 0 Å². The van der Waals surface area contributed by atoms with Gasteiger partial charge in [-0.05, 0) is 51.3 Å². The molecule has 0 saturated heterocycles. The fourth-order valence-electron chi connectivity index (χ4n) is 2.30. The Hall–Kier alpha value is -3.46. The van der Waals surface area contributed by atoms with E-state index in [-0.39, 0.29) is 16.9 Å². The third-order valence-corrected chi connectivity index (χ3v) is 3.73. The number of nitrogens with one attached hydrogen (secondary N) is 2. The van der Waals surface area contributed by atoms with Crippen LogP contribution in [0.1, 0.15) is 22.5 Å². The number of amides is 2. The molecule has 148 valence electrons. The van der Waals surface area contributed by atoms with Crippen LogP contribution in [0.5, 0.6) is 0 Å². The molecule has 0 bridgehead atoms.